The van der Waals surface area contributed by atoms with Gasteiger partial charge in [-0.05, 0) is 31.0 Å². The predicted octanol–water partition coefficient (Wildman–Crippen LogP) is 2.74. The van der Waals surface area contributed by atoms with E-state index < -0.39 is 10.0 Å². The van der Waals surface area contributed by atoms with Crippen molar-refractivity contribution in [3.63, 3.8) is 0 Å². The summed E-state index contributed by atoms with van der Waals surface area (Å²) in [6, 6.07) is 3.12. The Labute approximate surface area is 136 Å². The Morgan fingerprint density at radius 2 is 1.90 bits per heavy atom. The third-order valence-electron chi connectivity index (χ3n) is 3.92. The molecule has 0 unspecified atom stereocenters. The number of fused-ring (bicyclic) bond motifs is 1. The van der Waals surface area contributed by atoms with E-state index in [1.165, 1.54) is 0 Å². The van der Waals surface area contributed by atoms with E-state index in [1.54, 1.807) is 16.4 Å². The van der Waals surface area contributed by atoms with Crippen molar-refractivity contribution < 1.29 is 8.42 Å². The van der Waals surface area contributed by atoms with Crippen LogP contribution in [-0.2, 0) is 10.0 Å². The van der Waals surface area contributed by atoms with Gasteiger partial charge < -0.3 is 5.32 Å². The van der Waals surface area contributed by atoms with Gasteiger partial charge >= 0.3 is 0 Å². The molecule has 2 heterocycles. The van der Waals surface area contributed by atoms with Gasteiger partial charge in [-0.2, -0.15) is 4.31 Å². The van der Waals surface area contributed by atoms with E-state index in [0.717, 1.165) is 13.0 Å². The highest BCUT2D eigenvalue weighted by atomic mass is 79.9. The van der Waals surface area contributed by atoms with Crippen molar-refractivity contribution >= 4 is 49.2 Å². The second kappa shape index (κ2) is 5.41. The summed E-state index contributed by atoms with van der Waals surface area (Å²) in [6.45, 7) is 2.09. The minimum atomic E-state index is -3.66. The van der Waals surface area contributed by atoms with Gasteiger partial charge in [-0.1, -0.05) is 39.1 Å². The van der Waals surface area contributed by atoms with Crippen LogP contribution in [0.4, 0.5) is 0 Å². The number of rotatable bonds is 2. The van der Waals surface area contributed by atoms with E-state index in [0.29, 0.717) is 23.5 Å². The highest BCUT2D eigenvalue weighted by molar-refractivity contribution is 9.10. The molecule has 0 aromatic heterocycles. The molecule has 0 saturated carbocycles. The Morgan fingerprint density at radius 3 is 2.55 bits per heavy atom. The lowest BCUT2D eigenvalue weighted by molar-refractivity contribution is 0.383. The average Bonchev–Trinajstić information content (AvgIpc) is 2.86. The van der Waals surface area contributed by atoms with Gasteiger partial charge in [0.15, 0.2) is 0 Å². The van der Waals surface area contributed by atoms with Crippen LogP contribution in [0.1, 0.15) is 6.42 Å². The van der Waals surface area contributed by atoms with Crippen LogP contribution in [-0.4, -0.2) is 38.4 Å². The topological polar surface area (TPSA) is 49.4 Å². The van der Waals surface area contributed by atoms with Crippen LogP contribution in [0, 0.1) is 5.92 Å². The largest absolute Gasteiger partial charge is 0.315 e. The zero-order valence-corrected chi connectivity index (χ0v) is 14.4. The molecule has 0 radical (unpaired) electrons. The van der Waals surface area contributed by atoms with Gasteiger partial charge in [0.05, 0.1) is 10.0 Å². The second-order valence-electron chi connectivity index (χ2n) is 5.09. The fourth-order valence-electron chi connectivity index (χ4n) is 3.00. The quantitative estimate of drug-likeness (QED) is 0.831. The third kappa shape index (κ3) is 2.40. The van der Waals surface area contributed by atoms with Gasteiger partial charge in [0.2, 0.25) is 10.0 Å². The van der Waals surface area contributed by atoms with Crippen molar-refractivity contribution in [3.8, 4) is 0 Å². The van der Waals surface area contributed by atoms with E-state index in [9.17, 15) is 8.42 Å². The number of benzene rings is 1. The van der Waals surface area contributed by atoms with Crippen molar-refractivity contribution in [2.24, 2.45) is 5.92 Å². The first kappa shape index (κ1) is 15.1. The van der Waals surface area contributed by atoms with Gasteiger partial charge in [0, 0.05) is 23.6 Å². The molecule has 2 fully saturated rings. The highest BCUT2D eigenvalue weighted by Crippen LogP contribution is 2.38. The Kier molecular flexibility index (Phi) is 4.07. The normalized spacial score (nSPS) is 26.9. The highest BCUT2D eigenvalue weighted by Gasteiger charge is 2.44. The predicted molar refractivity (Wildman–Crippen MR) is 82.8 cm³/mol. The summed E-state index contributed by atoms with van der Waals surface area (Å²) < 4.78 is 27.9. The Balaban J connectivity index is 2.05. The van der Waals surface area contributed by atoms with E-state index in [1.807, 2.05) is 0 Å². The molecular formula is C12H13BrCl2N2O2S. The summed E-state index contributed by atoms with van der Waals surface area (Å²) >= 11 is 15.5. The molecule has 0 spiro atoms. The molecule has 4 nitrogen and oxygen atoms in total. The number of hydrogen-bond acceptors (Lipinski definition) is 3. The van der Waals surface area contributed by atoms with Gasteiger partial charge in [0.25, 0.3) is 0 Å². The van der Waals surface area contributed by atoms with Crippen LogP contribution in [0.25, 0.3) is 0 Å². The number of hydrogen-bond donors (Lipinski definition) is 1. The molecule has 2 aliphatic rings. The number of sulfonamides is 1. The Bertz CT molecular complexity index is 630. The number of nitrogens with zero attached hydrogens (tertiary/aromatic N) is 1. The van der Waals surface area contributed by atoms with Crippen molar-refractivity contribution in [2.45, 2.75) is 17.4 Å². The molecule has 2 saturated heterocycles. The van der Waals surface area contributed by atoms with Crippen LogP contribution in [0.3, 0.4) is 0 Å². The summed E-state index contributed by atoms with van der Waals surface area (Å²) in [7, 11) is -3.66. The van der Waals surface area contributed by atoms with Gasteiger partial charge in [-0.3, -0.25) is 0 Å². The van der Waals surface area contributed by atoms with Crippen molar-refractivity contribution in [1.29, 1.82) is 0 Å². The summed E-state index contributed by atoms with van der Waals surface area (Å²) in [5.74, 6) is 0.387. The first-order valence-corrected chi connectivity index (χ1v) is 9.27. The molecule has 0 aliphatic carbocycles. The Hall–Kier alpha value is 0.150. The lowest BCUT2D eigenvalue weighted by Gasteiger charge is -2.24. The summed E-state index contributed by atoms with van der Waals surface area (Å²) in [5.41, 5.74) is 0. The zero-order valence-electron chi connectivity index (χ0n) is 10.4. The van der Waals surface area contributed by atoms with Crippen LogP contribution in [0.2, 0.25) is 10.0 Å². The molecular weight excluding hydrogens is 387 g/mol. The minimum Gasteiger partial charge on any atom is -0.315 e. The first-order valence-electron chi connectivity index (χ1n) is 6.28. The summed E-state index contributed by atoms with van der Waals surface area (Å²) in [6.07, 6.45) is 0.878. The number of nitrogens with one attached hydrogen (secondary N) is 1. The molecule has 1 N–H and O–H groups in total. The maximum atomic E-state index is 12.8. The van der Waals surface area contributed by atoms with E-state index in [-0.39, 0.29) is 21.0 Å². The molecule has 0 amide bonds. The molecule has 8 heteroatoms. The van der Waals surface area contributed by atoms with E-state index in [2.05, 4.69) is 21.2 Å². The molecule has 2 aliphatic heterocycles. The van der Waals surface area contributed by atoms with Crippen LogP contribution >= 0.6 is 39.1 Å². The SMILES string of the molecule is O=S(=O)(c1c(Cl)cc(Br)cc1Cl)N1CC[C@H]2CNC[C@H]21. The third-order valence-corrected chi connectivity index (χ3v) is 7.23. The van der Waals surface area contributed by atoms with E-state index >= 15 is 0 Å². The van der Waals surface area contributed by atoms with Crippen LogP contribution in [0.15, 0.2) is 21.5 Å². The monoisotopic (exact) mass is 398 g/mol. The van der Waals surface area contributed by atoms with Crippen LogP contribution < -0.4 is 5.32 Å². The lowest BCUT2D eigenvalue weighted by atomic mass is 10.1. The van der Waals surface area contributed by atoms with Crippen molar-refractivity contribution in [1.82, 2.24) is 9.62 Å². The fraction of sp³-hybridized carbons (Fsp3) is 0.500. The fourth-order valence-corrected chi connectivity index (χ4v) is 6.59. The van der Waals surface area contributed by atoms with Crippen molar-refractivity contribution in [2.75, 3.05) is 19.6 Å². The first-order chi connectivity index (χ1) is 9.41. The molecule has 20 heavy (non-hydrogen) atoms. The maximum Gasteiger partial charge on any atom is 0.246 e. The standard InChI is InChI=1S/C12H13BrCl2N2O2S/c13-8-3-9(14)12(10(15)4-8)20(18,19)17-2-1-7-5-16-6-11(7)17/h3-4,7,11,16H,1-2,5-6H2/t7-,11+/m0/s1. The number of halogens is 3. The minimum absolute atomic E-state index is 0.00998. The molecule has 2 atom stereocenters. The second-order valence-corrected chi connectivity index (χ2v) is 8.65. The molecule has 110 valence electrons. The van der Waals surface area contributed by atoms with Crippen molar-refractivity contribution in [3.05, 3.63) is 26.7 Å². The summed E-state index contributed by atoms with van der Waals surface area (Å²) in [5, 5.41) is 3.54. The maximum absolute atomic E-state index is 12.8. The van der Waals surface area contributed by atoms with Gasteiger partial charge in [-0.15, -0.1) is 0 Å². The van der Waals surface area contributed by atoms with Crippen LogP contribution in [0.5, 0.6) is 0 Å². The van der Waals surface area contributed by atoms with Gasteiger partial charge in [0.1, 0.15) is 4.90 Å². The smallest absolute Gasteiger partial charge is 0.246 e. The summed E-state index contributed by atoms with van der Waals surface area (Å²) in [4.78, 5) is 0.0107. The average molecular weight is 400 g/mol. The van der Waals surface area contributed by atoms with E-state index in [4.69, 9.17) is 23.2 Å². The zero-order chi connectivity index (χ0) is 14.5. The van der Waals surface area contributed by atoms with Gasteiger partial charge in [-0.25, -0.2) is 8.42 Å². The molecule has 3 rings (SSSR count). The lowest BCUT2D eigenvalue weighted by Crippen LogP contribution is -2.39. The molecule has 1 aromatic rings. The molecule has 1 aromatic carbocycles. The molecule has 0 bridgehead atoms. The Morgan fingerprint density at radius 1 is 1.25 bits per heavy atom.